The Kier molecular flexibility index (Phi) is 3.56. The maximum Gasteiger partial charge on any atom is 0.219 e. The van der Waals surface area contributed by atoms with Crippen molar-refractivity contribution in [1.29, 1.82) is 5.26 Å². The van der Waals surface area contributed by atoms with E-state index in [0.29, 0.717) is 17.2 Å². The van der Waals surface area contributed by atoms with E-state index in [1.807, 2.05) is 0 Å². The average Bonchev–Trinajstić information content (AvgIpc) is 2.39. The summed E-state index contributed by atoms with van der Waals surface area (Å²) in [6.07, 6.45) is 0.980. The summed E-state index contributed by atoms with van der Waals surface area (Å²) in [5.41, 5.74) is 1.16. The van der Waals surface area contributed by atoms with Crippen molar-refractivity contribution >= 4 is 0 Å². The van der Waals surface area contributed by atoms with Gasteiger partial charge in [0.2, 0.25) is 5.88 Å². The summed E-state index contributed by atoms with van der Waals surface area (Å²) in [6, 6.07) is 12.4. The molecule has 0 bridgehead atoms. The molecule has 0 aliphatic rings. The van der Waals surface area contributed by atoms with Gasteiger partial charge < -0.3 is 9.84 Å². The van der Waals surface area contributed by atoms with Gasteiger partial charge in [-0.05, 0) is 30.7 Å². The minimum Gasteiger partial charge on any atom is -0.438 e. The second kappa shape index (κ2) is 5.30. The first-order chi connectivity index (χ1) is 8.70. The third-order valence-electron chi connectivity index (χ3n) is 2.46. The number of ether oxygens (including phenoxy) is 1. The topological polar surface area (TPSA) is 66.1 Å². The van der Waals surface area contributed by atoms with Gasteiger partial charge >= 0.3 is 0 Å². The van der Waals surface area contributed by atoms with Gasteiger partial charge in [-0.1, -0.05) is 12.1 Å². The number of rotatable bonds is 3. The summed E-state index contributed by atoms with van der Waals surface area (Å²) < 4.78 is 5.55. The maximum absolute atomic E-state index is 9.48. The standard InChI is InChI=1S/C14H12N2O2/c1-10(17)11-6-7-16-14(8-11)18-13-5-3-2-4-12(13)9-15/h2-8,10,17H,1H3/t10-/m1/s1. The molecule has 0 spiro atoms. The highest BCUT2D eigenvalue weighted by molar-refractivity contribution is 5.44. The molecule has 0 fully saturated rings. The second-order valence-electron chi connectivity index (χ2n) is 3.81. The third kappa shape index (κ3) is 2.65. The van der Waals surface area contributed by atoms with Crippen molar-refractivity contribution < 1.29 is 9.84 Å². The Morgan fingerprint density at radius 2 is 2.11 bits per heavy atom. The van der Waals surface area contributed by atoms with E-state index in [2.05, 4.69) is 11.1 Å². The first kappa shape index (κ1) is 12.1. The van der Waals surface area contributed by atoms with E-state index in [0.717, 1.165) is 5.56 Å². The highest BCUT2D eigenvalue weighted by Crippen LogP contribution is 2.24. The van der Waals surface area contributed by atoms with Crippen molar-refractivity contribution in [2.75, 3.05) is 0 Å². The van der Waals surface area contributed by atoms with Crippen LogP contribution in [0.25, 0.3) is 0 Å². The Balaban J connectivity index is 2.29. The van der Waals surface area contributed by atoms with Crippen molar-refractivity contribution in [3.63, 3.8) is 0 Å². The van der Waals surface area contributed by atoms with Gasteiger partial charge in [0.05, 0.1) is 11.7 Å². The molecule has 1 aromatic heterocycles. The molecule has 0 saturated carbocycles. The number of hydrogen-bond acceptors (Lipinski definition) is 4. The Bertz CT molecular complexity index is 588. The first-order valence-electron chi connectivity index (χ1n) is 5.51. The van der Waals surface area contributed by atoms with E-state index < -0.39 is 6.10 Å². The van der Waals surface area contributed by atoms with Crippen LogP contribution < -0.4 is 4.74 Å². The molecule has 1 atom stereocenters. The minimum atomic E-state index is -0.582. The summed E-state index contributed by atoms with van der Waals surface area (Å²) in [4.78, 5) is 4.05. The van der Waals surface area contributed by atoms with Crippen LogP contribution in [0.3, 0.4) is 0 Å². The molecule has 0 aliphatic carbocycles. The first-order valence-corrected chi connectivity index (χ1v) is 5.51. The van der Waals surface area contributed by atoms with E-state index in [1.165, 1.54) is 0 Å². The normalized spacial score (nSPS) is 11.6. The van der Waals surface area contributed by atoms with Crippen molar-refractivity contribution in [2.45, 2.75) is 13.0 Å². The molecular weight excluding hydrogens is 228 g/mol. The van der Waals surface area contributed by atoms with Gasteiger partial charge in [0.1, 0.15) is 11.8 Å². The smallest absolute Gasteiger partial charge is 0.219 e. The molecule has 90 valence electrons. The molecule has 1 N–H and O–H groups in total. The van der Waals surface area contributed by atoms with E-state index in [4.69, 9.17) is 10.00 Å². The van der Waals surface area contributed by atoms with Crippen LogP contribution in [-0.4, -0.2) is 10.1 Å². The summed E-state index contributed by atoms with van der Waals surface area (Å²) in [6.45, 7) is 1.67. The zero-order valence-electron chi connectivity index (χ0n) is 9.87. The van der Waals surface area contributed by atoms with Crippen molar-refractivity contribution in [1.82, 2.24) is 4.98 Å². The molecule has 4 heteroatoms. The average molecular weight is 240 g/mol. The lowest BCUT2D eigenvalue weighted by Gasteiger charge is -2.08. The van der Waals surface area contributed by atoms with Crippen LogP contribution in [-0.2, 0) is 0 Å². The highest BCUT2D eigenvalue weighted by Gasteiger charge is 2.07. The van der Waals surface area contributed by atoms with Crippen LogP contribution in [0.5, 0.6) is 11.6 Å². The molecule has 0 radical (unpaired) electrons. The molecule has 2 rings (SSSR count). The van der Waals surface area contributed by atoms with Crippen LogP contribution in [0.4, 0.5) is 0 Å². The number of nitriles is 1. The third-order valence-corrected chi connectivity index (χ3v) is 2.46. The SMILES string of the molecule is C[C@@H](O)c1ccnc(Oc2ccccc2C#N)c1. The molecule has 1 heterocycles. The van der Waals surface area contributed by atoms with Crippen molar-refractivity contribution in [3.8, 4) is 17.7 Å². The number of para-hydroxylation sites is 1. The number of aromatic nitrogens is 1. The predicted octanol–water partition coefficient (Wildman–Crippen LogP) is 2.80. The van der Waals surface area contributed by atoms with Gasteiger partial charge in [-0.3, -0.25) is 0 Å². The highest BCUT2D eigenvalue weighted by atomic mass is 16.5. The molecule has 18 heavy (non-hydrogen) atoms. The molecule has 0 aliphatic heterocycles. The van der Waals surface area contributed by atoms with E-state index in [1.54, 1.807) is 49.5 Å². The van der Waals surface area contributed by atoms with Crippen LogP contribution in [0.1, 0.15) is 24.2 Å². The molecule has 0 saturated heterocycles. The largest absolute Gasteiger partial charge is 0.438 e. The molecule has 2 aromatic rings. The minimum absolute atomic E-state index is 0.357. The van der Waals surface area contributed by atoms with Gasteiger partial charge in [0.15, 0.2) is 0 Å². The Hall–Kier alpha value is -2.38. The Morgan fingerprint density at radius 3 is 2.83 bits per heavy atom. The van der Waals surface area contributed by atoms with Gasteiger partial charge in [0, 0.05) is 12.3 Å². The fourth-order valence-electron chi connectivity index (χ4n) is 1.50. The van der Waals surface area contributed by atoms with Gasteiger partial charge in [-0.15, -0.1) is 0 Å². The second-order valence-corrected chi connectivity index (χ2v) is 3.81. The van der Waals surface area contributed by atoms with Gasteiger partial charge in [-0.25, -0.2) is 4.98 Å². The maximum atomic E-state index is 9.48. The Morgan fingerprint density at radius 1 is 1.33 bits per heavy atom. The monoisotopic (exact) mass is 240 g/mol. The lowest BCUT2D eigenvalue weighted by molar-refractivity contribution is 0.198. The fraction of sp³-hybridized carbons (Fsp3) is 0.143. The number of nitrogens with zero attached hydrogens (tertiary/aromatic N) is 2. The van der Waals surface area contributed by atoms with E-state index in [-0.39, 0.29) is 0 Å². The van der Waals surface area contributed by atoms with Crippen molar-refractivity contribution in [2.24, 2.45) is 0 Å². The number of aliphatic hydroxyl groups is 1. The fourth-order valence-corrected chi connectivity index (χ4v) is 1.50. The summed E-state index contributed by atoms with van der Waals surface area (Å²) in [5, 5.41) is 18.4. The summed E-state index contributed by atoms with van der Waals surface area (Å²) in [7, 11) is 0. The van der Waals surface area contributed by atoms with Crippen LogP contribution >= 0.6 is 0 Å². The number of benzene rings is 1. The van der Waals surface area contributed by atoms with Crippen LogP contribution in [0.15, 0.2) is 42.6 Å². The zero-order valence-corrected chi connectivity index (χ0v) is 9.87. The van der Waals surface area contributed by atoms with E-state index >= 15 is 0 Å². The zero-order chi connectivity index (χ0) is 13.0. The number of hydrogen-bond donors (Lipinski definition) is 1. The van der Waals surface area contributed by atoms with E-state index in [9.17, 15) is 5.11 Å². The lowest BCUT2D eigenvalue weighted by atomic mass is 10.2. The summed E-state index contributed by atoms with van der Waals surface area (Å²) in [5.74, 6) is 0.811. The molecule has 4 nitrogen and oxygen atoms in total. The molecule has 0 amide bonds. The molecule has 0 unspecified atom stereocenters. The van der Waals surface area contributed by atoms with Crippen LogP contribution in [0.2, 0.25) is 0 Å². The van der Waals surface area contributed by atoms with Gasteiger partial charge in [0.25, 0.3) is 0 Å². The van der Waals surface area contributed by atoms with Gasteiger partial charge in [-0.2, -0.15) is 5.26 Å². The lowest BCUT2D eigenvalue weighted by Crippen LogP contribution is -1.95. The quantitative estimate of drug-likeness (QED) is 0.895. The predicted molar refractivity (Wildman–Crippen MR) is 66.1 cm³/mol. The number of pyridine rings is 1. The molecule has 1 aromatic carbocycles. The Labute approximate surface area is 105 Å². The van der Waals surface area contributed by atoms with Crippen LogP contribution in [0, 0.1) is 11.3 Å². The molecular formula is C14H12N2O2. The van der Waals surface area contributed by atoms with Crippen molar-refractivity contribution in [3.05, 3.63) is 53.7 Å². The summed E-state index contributed by atoms with van der Waals surface area (Å²) >= 11 is 0. The number of aliphatic hydroxyl groups excluding tert-OH is 1.